The zero-order valence-corrected chi connectivity index (χ0v) is 13.6. The average molecular weight is 285 g/mol. The van der Waals surface area contributed by atoms with Gasteiger partial charge in [0, 0.05) is 25.2 Å². The van der Waals surface area contributed by atoms with E-state index in [1.807, 2.05) is 6.92 Å². The van der Waals surface area contributed by atoms with Gasteiger partial charge in [-0.15, -0.1) is 0 Å². The first kappa shape index (κ1) is 17.4. The molecule has 1 fully saturated rings. The van der Waals surface area contributed by atoms with Crippen LogP contribution in [-0.4, -0.2) is 55.2 Å². The average Bonchev–Trinajstić information content (AvgIpc) is 2.38. The quantitative estimate of drug-likeness (QED) is 0.790. The smallest absolute Gasteiger partial charge is 0.239 e. The molecule has 0 bridgehead atoms. The Morgan fingerprint density at radius 3 is 2.60 bits per heavy atom. The minimum Gasteiger partial charge on any atom is -0.378 e. The SMILES string of the molecule is CCNC(=O)C1COCCN1C(C(N)CC)C(C)(C)C. The highest BCUT2D eigenvalue weighted by atomic mass is 16.5. The van der Waals surface area contributed by atoms with Gasteiger partial charge in [-0.2, -0.15) is 0 Å². The van der Waals surface area contributed by atoms with Gasteiger partial charge in [0.2, 0.25) is 5.91 Å². The number of rotatable bonds is 5. The highest BCUT2D eigenvalue weighted by Gasteiger charge is 2.41. The molecule has 1 rings (SSSR count). The largest absolute Gasteiger partial charge is 0.378 e. The molecule has 0 aromatic heterocycles. The summed E-state index contributed by atoms with van der Waals surface area (Å²) in [5, 5.41) is 2.91. The molecule has 0 aromatic carbocycles. The molecule has 1 heterocycles. The molecule has 1 aliphatic rings. The maximum absolute atomic E-state index is 12.3. The van der Waals surface area contributed by atoms with Crippen molar-refractivity contribution in [3.05, 3.63) is 0 Å². The van der Waals surface area contributed by atoms with Gasteiger partial charge in [0.1, 0.15) is 6.04 Å². The van der Waals surface area contributed by atoms with E-state index >= 15 is 0 Å². The van der Waals surface area contributed by atoms with Crippen LogP contribution in [0.3, 0.4) is 0 Å². The first-order chi connectivity index (χ1) is 9.32. The second kappa shape index (κ2) is 7.38. The monoisotopic (exact) mass is 285 g/mol. The van der Waals surface area contributed by atoms with Gasteiger partial charge in [-0.05, 0) is 18.8 Å². The van der Waals surface area contributed by atoms with Crippen LogP contribution in [0.2, 0.25) is 0 Å². The van der Waals surface area contributed by atoms with Crippen LogP contribution in [0, 0.1) is 5.41 Å². The fourth-order valence-electron chi connectivity index (χ4n) is 3.08. The number of carbonyl (C=O) groups is 1. The number of morpholine rings is 1. The third-order valence-electron chi connectivity index (χ3n) is 3.95. The lowest BCUT2D eigenvalue weighted by Crippen LogP contribution is -2.64. The van der Waals surface area contributed by atoms with Crippen LogP contribution in [-0.2, 0) is 9.53 Å². The summed E-state index contributed by atoms with van der Waals surface area (Å²) in [6.45, 7) is 13.1. The summed E-state index contributed by atoms with van der Waals surface area (Å²) in [6, 6.07) is -0.000410. The van der Waals surface area contributed by atoms with Gasteiger partial charge in [0.25, 0.3) is 0 Å². The number of nitrogens with zero attached hydrogens (tertiary/aromatic N) is 1. The van der Waals surface area contributed by atoms with Crippen molar-refractivity contribution in [2.24, 2.45) is 11.1 Å². The van der Waals surface area contributed by atoms with Crippen molar-refractivity contribution in [1.82, 2.24) is 10.2 Å². The third-order valence-corrected chi connectivity index (χ3v) is 3.95. The summed E-state index contributed by atoms with van der Waals surface area (Å²) in [5.41, 5.74) is 6.38. The molecule has 5 heteroatoms. The van der Waals surface area contributed by atoms with E-state index in [1.165, 1.54) is 0 Å². The van der Waals surface area contributed by atoms with E-state index in [2.05, 4.69) is 37.9 Å². The summed E-state index contributed by atoms with van der Waals surface area (Å²) < 4.78 is 5.51. The Morgan fingerprint density at radius 2 is 2.10 bits per heavy atom. The maximum Gasteiger partial charge on any atom is 0.239 e. The van der Waals surface area contributed by atoms with Gasteiger partial charge in [0.05, 0.1) is 13.2 Å². The molecule has 1 aliphatic heterocycles. The zero-order chi connectivity index (χ0) is 15.3. The van der Waals surface area contributed by atoms with E-state index in [0.717, 1.165) is 13.0 Å². The molecule has 5 nitrogen and oxygen atoms in total. The minimum absolute atomic E-state index is 0.0253. The van der Waals surface area contributed by atoms with Crippen molar-refractivity contribution >= 4 is 5.91 Å². The predicted molar refractivity (Wildman–Crippen MR) is 81.5 cm³/mol. The summed E-state index contributed by atoms with van der Waals surface area (Å²) in [7, 11) is 0. The molecule has 0 saturated carbocycles. The van der Waals surface area contributed by atoms with Crippen LogP contribution < -0.4 is 11.1 Å². The number of nitrogens with one attached hydrogen (secondary N) is 1. The standard InChI is InChI=1S/C15H31N3O2/c1-6-11(16)13(15(3,4)5)18-8-9-20-10-12(18)14(19)17-7-2/h11-13H,6-10,16H2,1-5H3,(H,17,19). The van der Waals surface area contributed by atoms with E-state index < -0.39 is 0 Å². The molecule has 0 aliphatic carbocycles. The number of ether oxygens (including phenoxy) is 1. The van der Waals surface area contributed by atoms with Crippen molar-refractivity contribution in [3.63, 3.8) is 0 Å². The van der Waals surface area contributed by atoms with Crippen molar-refractivity contribution in [3.8, 4) is 0 Å². The fourth-order valence-corrected chi connectivity index (χ4v) is 3.08. The lowest BCUT2D eigenvalue weighted by atomic mass is 9.79. The van der Waals surface area contributed by atoms with Crippen LogP contribution in [0.1, 0.15) is 41.0 Å². The van der Waals surface area contributed by atoms with Gasteiger partial charge in [0.15, 0.2) is 0 Å². The number of likely N-dealkylation sites (N-methyl/N-ethyl adjacent to an activating group) is 1. The molecule has 118 valence electrons. The number of hydrogen-bond acceptors (Lipinski definition) is 4. The van der Waals surface area contributed by atoms with Gasteiger partial charge in [-0.3, -0.25) is 9.69 Å². The first-order valence-corrected chi connectivity index (χ1v) is 7.69. The lowest BCUT2D eigenvalue weighted by molar-refractivity contribution is -0.137. The summed E-state index contributed by atoms with van der Waals surface area (Å²) in [6.07, 6.45) is 0.904. The second-order valence-corrected chi connectivity index (χ2v) is 6.61. The Bertz CT molecular complexity index is 315. The lowest BCUT2D eigenvalue weighted by Gasteiger charge is -2.48. The van der Waals surface area contributed by atoms with E-state index in [4.69, 9.17) is 10.5 Å². The molecule has 3 atom stereocenters. The molecule has 3 unspecified atom stereocenters. The van der Waals surface area contributed by atoms with E-state index in [9.17, 15) is 4.79 Å². The van der Waals surface area contributed by atoms with Crippen molar-refractivity contribution in [2.45, 2.75) is 59.2 Å². The van der Waals surface area contributed by atoms with E-state index in [0.29, 0.717) is 19.8 Å². The van der Waals surface area contributed by atoms with Crippen LogP contribution in [0.4, 0.5) is 0 Å². The predicted octanol–water partition coefficient (Wildman–Crippen LogP) is 0.975. The van der Waals surface area contributed by atoms with Crippen LogP contribution in [0.25, 0.3) is 0 Å². The topological polar surface area (TPSA) is 67.6 Å². The van der Waals surface area contributed by atoms with E-state index in [-0.39, 0.29) is 29.4 Å². The van der Waals surface area contributed by atoms with Crippen LogP contribution >= 0.6 is 0 Å². The molecule has 1 saturated heterocycles. The van der Waals surface area contributed by atoms with Gasteiger partial charge < -0.3 is 15.8 Å². The summed E-state index contributed by atoms with van der Waals surface area (Å²) in [4.78, 5) is 14.5. The Hall–Kier alpha value is -0.650. The van der Waals surface area contributed by atoms with Gasteiger partial charge >= 0.3 is 0 Å². The summed E-state index contributed by atoms with van der Waals surface area (Å²) in [5.74, 6) is 0.0461. The zero-order valence-electron chi connectivity index (χ0n) is 13.6. The number of hydrogen-bond donors (Lipinski definition) is 2. The molecule has 1 amide bonds. The van der Waals surface area contributed by atoms with Crippen LogP contribution in [0.15, 0.2) is 0 Å². The Balaban J connectivity index is 2.98. The fraction of sp³-hybridized carbons (Fsp3) is 0.933. The van der Waals surface area contributed by atoms with Crippen molar-refractivity contribution in [1.29, 1.82) is 0 Å². The van der Waals surface area contributed by atoms with E-state index in [1.54, 1.807) is 0 Å². The number of amides is 1. The Morgan fingerprint density at radius 1 is 1.45 bits per heavy atom. The normalized spacial score (nSPS) is 24.2. The highest BCUT2D eigenvalue weighted by Crippen LogP contribution is 2.30. The van der Waals surface area contributed by atoms with Gasteiger partial charge in [-0.25, -0.2) is 0 Å². The van der Waals surface area contributed by atoms with Gasteiger partial charge in [-0.1, -0.05) is 27.7 Å². The molecular formula is C15H31N3O2. The molecule has 20 heavy (non-hydrogen) atoms. The number of carbonyl (C=O) groups excluding carboxylic acids is 1. The van der Waals surface area contributed by atoms with Crippen molar-refractivity contribution in [2.75, 3.05) is 26.3 Å². The maximum atomic E-state index is 12.3. The Labute approximate surface area is 123 Å². The molecule has 0 aromatic rings. The molecular weight excluding hydrogens is 254 g/mol. The first-order valence-electron chi connectivity index (χ1n) is 7.69. The Kier molecular flexibility index (Phi) is 6.43. The molecule has 0 spiro atoms. The minimum atomic E-state index is -0.231. The summed E-state index contributed by atoms with van der Waals surface area (Å²) >= 11 is 0. The second-order valence-electron chi connectivity index (χ2n) is 6.61. The van der Waals surface area contributed by atoms with Crippen LogP contribution in [0.5, 0.6) is 0 Å². The van der Waals surface area contributed by atoms with Crippen molar-refractivity contribution < 1.29 is 9.53 Å². The third kappa shape index (κ3) is 4.17. The highest BCUT2D eigenvalue weighted by molar-refractivity contribution is 5.82. The molecule has 3 N–H and O–H groups in total. The number of nitrogens with two attached hydrogens (primary N) is 1. The molecule has 0 radical (unpaired) electrons.